The predicted molar refractivity (Wildman–Crippen MR) is 110 cm³/mol. The van der Waals surface area contributed by atoms with E-state index >= 15 is 0 Å². The Kier molecular flexibility index (Phi) is 5.96. The summed E-state index contributed by atoms with van der Waals surface area (Å²) in [5, 5.41) is 8.57. The number of hydrogen-bond acceptors (Lipinski definition) is 5. The van der Waals surface area contributed by atoms with Gasteiger partial charge in [-0.15, -0.1) is 0 Å². The van der Waals surface area contributed by atoms with Crippen LogP contribution in [0.3, 0.4) is 0 Å². The first-order chi connectivity index (χ1) is 13.5. The minimum absolute atomic E-state index is 0.151. The standard InChI is InChI=1S/C21H21N5O2/c1-3-15-4-6-17(7-5-15)25-20-13-22-19(12-23-20)21(28)26-18-10-8-16(9-11-18)24-14(2)27/h4-13H,3H2,1-2H3,(H,23,25)(H,24,27)(H,26,28). The third-order valence-corrected chi connectivity index (χ3v) is 3.98. The van der Waals surface area contributed by atoms with Crippen molar-refractivity contribution in [1.29, 1.82) is 0 Å². The molecule has 1 aromatic heterocycles. The number of hydrogen-bond donors (Lipinski definition) is 3. The SMILES string of the molecule is CCc1ccc(Nc2cnc(C(=O)Nc3ccc(NC(C)=O)cc3)cn2)cc1. The summed E-state index contributed by atoms with van der Waals surface area (Å²) < 4.78 is 0. The fraction of sp³-hybridized carbons (Fsp3) is 0.143. The monoisotopic (exact) mass is 375 g/mol. The van der Waals surface area contributed by atoms with Gasteiger partial charge in [-0.2, -0.15) is 0 Å². The molecule has 0 saturated carbocycles. The number of anilines is 4. The minimum Gasteiger partial charge on any atom is -0.339 e. The molecule has 0 spiro atoms. The summed E-state index contributed by atoms with van der Waals surface area (Å²) in [6.45, 7) is 3.54. The van der Waals surface area contributed by atoms with Gasteiger partial charge >= 0.3 is 0 Å². The average molecular weight is 375 g/mol. The van der Waals surface area contributed by atoms with Gasteiger partial charge in [0, 0.05) is 24.0 Å². The number of rotatable bonds is 6. The highest BCUT2D eigenvalue weighted by Gasteiger charge is 2.09. The molecule has 142 valence electrons. The molecule has 0 radical (unpaired) electrons. The summed E-state index contributed by atoms with van der Waals surface area (Å²) in [5.41, 5.74) is 3.63. The van der Waals surface area contributed by atoms with Crippen LogP contribution in [0.5, 0.6) is 0 Å². The lowest BCUT2D eigenvalue weighted by Gasteiger charge is -2.08. The molecule has 3 N–H and O–H groups in total. The number of amides is 2. The maximum atomic E-state index is 12.3. The molecule has 1 heterocycles. The second-order valence-corrected chi connectivity index (χ2v) is 6.18. The van der Waals surface area contributed by atoms with Crippen LogP contribution in [0.25, 0.3) is 0 Å². The van der Waals surface area contributed by atoms with Crippen LogP contribution in [0, 0.1) is 0 Å². The van der Waals surface area contributed by atoms with E-state index in [0.29, 0.717) is 17.2 Å². The Balaban J connectivity index is 1.60. The van der Waals surface area contributed by atoms with Gasteiger partial charge in [0.05, 0.1) is 12.4 Å². The van der Waals surface area contributed by atoms with E-state index in [2.05, 4.69) is 45.0 Å². The summed E-state index contributed by atoms with van der Waals surface area (Å²) >= 11 is 0. The Bertz CT molecular complexity index is 952. The van der Waals surface area contributed by atoms with Crippen molar-refractivity contribution in [3.05, 3.63) is 72.2 Å². The summed E-state index contributed by atoms with van der Waals surface area (Å²) in [4.78, 5) is 31.8. The quantitative estimate of drug-likeness (QED) is 0.605. The molecule has 0 atom stereocenters. The largest absolute Gasteiger partial charge is 0.339 e. The third-order valence-electron chi connectivity index (χ3n) is 3.98. The van der Waals surface area contributed by atoms with Crippen molar-refractivity contribution in [2.75, 3.05) is 16.0 Å². The number of aromatic nitrogens is 2. The molecule has 3 rings (SSSR count). The van der Waals surface area contributed by atoms with Crippen LogP contribution in [0.2, 0.25) is 0 Å². The Morgan fingerprint density at radius 3 is 1.96 bits per heavy atom. The molecule has 0 bridgehead atoms. The van der Waals surface area contributed by atoms with Crippen LogP contribution >= 0.6 is 0 Å². The predicted octanol–water partition coefficient (Wildman–Crippen LogP) is 3.99. The molecule has 0 fully saturated rings. The third kappa shape index (κ3) is 5.14. The molecule has 7 heteroatoms. The van der Waals surface area contributed by atoms with Gasteiger partial charge in [-0.3, -0.25) is 9.59 Å². The number of nitrogens with zero attached hydrogens (tertiary/aromatic N) is 2. The Morgan fingerprint density at radius 2 is 1.43 bits per heavy atom. The van der Waals surface area contributed by atoms with Gasteiger partial charge in [-0.1, -0.05) is 19.1 Å². The first-order valence-corrected chi connectivity index (χ1v) is 8.90. The number of carbonyl (C=O) groups is 2. The van der Waals surface area contributed by atoms with Crippen LogP contribution in [0.15, 0.2) is 60.9 Å². The summed E-state index contributed by atoms with van der Waals surface area (Å²) in [6.07, 6.45) is 3.92. The molecular weight excluding hydrogens is 354 g/mol. The van der Waals surface area contributed by atoms with E-state index in [-0.39, 0.29) is 17.5 Å². The van der Waals surface area contributed by atoms with E-state index in [1.807, 2.05) is 12.1 Å². The van der Waals surface area contributed by atoms with E-state index < -0.39 is 0 Å². The van der Waals surface area contributed by atoms with Gasteiger partial charge < -0.3 is 16.0 Å². The Hall–Kier alpha value is -3.74. The molecule has 0 saturated heterocycles. The Labute approximate surface area is 163 Å². The van der Waals surface area contributed by atoms with E-state index in [9.17, 15) is 9.59 Å². The van der Waals surface area contributed by atoms with Crippen molar-refractivity contribution in [3.63, 3.8) is 0 Å². The van der Waals surface area contributed by atoms with Crippen LogP contribution in [-0.4, -0.2) is 21.8 Å². The van der Waals surface area contributed by atoms with Crippen LogP contribution in [0.4, 0.5) is 22.9 Å². The molecule has 2 amide bonds. The number of aryl methyl sites for hydroxylation is 1. The first kappa shape index (κ1) is 19.0. The molecule has 3 aromatic rings. The number of nitrogens with one attached hydrogen (secondary N) is 3. The lowest BCUT2D eigenvalue weighted by molar-refractivity contribution is -0.114. The number of benzene rings is 2. The zero-order chi connectivity index (χ0) is 19.9. The topological polar surface area (TPSA) is 96.0 Å². The molecule has 28 heavy (non-hydrogen) atoms. The van der Waals surface area contributed by atoms with Crippen molar-refractivity contribution in [1.82, 2.24) is 9.97 Å². The Morgan fingerprint density at radius 1 is 0.821 bits per heavy atom. The van der Waals surface area contributed by atoms with Crippen LogP contribution in [0.1, 0.15) is 29.9 Å². The molecule has 2 aromatic carbocycles. The molecule has 7 nitrogen and oxygen atoms in total. The average Bonchev–Trinajstić information content (AvgIpc) is 2.70. The van der Waals surface area contributed by atoms with E-state index in [4.69, 9.17) is 0 Å². The van der Waals surface area contributed by atoms with Gasteiger partial charge in [0.1, 0.15) is 11.5 Å². The second kappa shape index (κ2) is 8.77. The summed E-state index contributed by atoms with van der Waals surface area (Å²) in [6, 6.07) is 14.9. The van der Waals surface area contributed by atoms with Gasteiger partial charge in [0.2, 0.25) is 5.91 Å². The highest BCUT2D eigenvalue weighted by molar-refractivity contribution is 6.02. The highest BCUT2D eigenvalue weighted by Crippen LogP contribution is 2.16. The maximum absolute atomic E-state index is 12.3. The first-order valence-electron chi connectivity index (χ1n) is 8.90. The van der Waals surface area contributed by atoms with E-state index in [0.717, 1.165) is 12.1 Å². The normalized spacial score (nSPS) is 10.2. The van der Waals surface area contributed by atoms with Crippen molar-refractivity contribution < 1.29 is 9.59 Å². The van der Waals surface area contributed by atoms with Crippen molar-refractivity contribution in [3.8, 4) is 0 Å². The summed E-state index contributed by atoms with van der Waals surface area (Å²) in [5.74, 6) is 0.0427. The number of carbonyl (C=O) groups excluding carboxylic acids is 2. The zero-order valence-electron chi connectivity index (χ0n) is 15.7. The van der Waals surface area contributed by atoms with E-state index in [1.165, 1.54) is 24.9 Å². The molecule has 0 aliphatic carbocycles. The van der Waals surface area contributed by atoms with Crippen molar-refractivity contribution in [2.45, 2.75) is 20.3 Å². The fourth-order valence-electron chi connectivity index (χ4n) is 2.52. The van der Waals surface area contributed by atoms with Gasteiger partial charge in [-0.25, -0.2) is 9.97 Å². The van der Waals surface area contributed by atoms with Crippen LogP contribution < -0.4 is 16.0 Å². The van der Waals surface area contributed by atoms with Crippen molar-refractivity contribution in [2.24, 2.45) is 0 Å². The maximum Gasteiger partial charge on any atom is 0.275 e. The van der Waals surface area contributed by atoms with Crippen molar-refractivity contribution >= 4 is 34.7 Å². The molecule has 0 aliphatic heterocycles. The van der Waals surface area contributed by atoms with Gasteiger partial charge in [-0.05, 0) is 48.4 Å². The van der Waals surface area contributed by atoms with E-state index in [1.54, 1.807) is 24.3 Å². The van der Waals surface area contributed by atoms with Gasteiger partial charge in [0.25, 0.3) is 5.91 Å². The fourth-order valence-corrected chi connectivity index (χ4v) is 2.52. The lowest BCUT2D eigenvalue weighted by Crippen LogP contribution is -2.14. The lowest BCUT2D eigenvalue weighted by atomic mass is 10.1. The summed E-state index contributed by atoms with van der Waals surface area (Å²) in [7, 11) is 0. The molecule has 0 aliphatic rings. The smallest absolute Gasteiger partial charge is 0.275 e. The van der Waals surface area contributed by atoms with Gasteiger partial charge in [0.15, 0.2) is 0 Å². The second-order valence-electron chi connectivity index (χ2n) is 6.18. The van der Waals surface area contributed by atoms with Crippen LogP contribution in [-0.2, 0) is 11.2 Å². The molecule has 0 unspecified atom stereocenters. The highest BCUT2D eigenvalue weighted by atomic mass is 16.2. The molecular formula is C21H21N5O2. The minimum atomic E-state index is -0.362. The zero-order valence-corrected chi connectivity index (χ0v) is 15.7.